The van der Waals surface area contributed by atoms with Gasteiger partial charge in [0, 0.05) is 6.42 Å². The van der Waals surface area contributed by atoms with Crippen molar-refractivity contribution in [2.75, 3.05) is 12.5 Å². The van der Waals surface area contributed by atoms with Gasteiger partial charge >= 0.3 is 5.97 Å². The predicted octanol–water partition coefficient (Wildman–Crippen LogP) is 2.45. The van der Waals surface area contributed by atoms with Gasteiger partial charge in [-0.1, -0.05) is 23.8 Å². The SMILES string of the molecule is CCOC(=O)Cc1ccc(C)cc1CC(=O)CCl. The van der Waals surface area contributed by atoms with Crippen molar-refractivity contribution in [2.24, 2.45) is 0 Å². The highest BCUT2D eigenvalue weighted by Crippen LogP contribution is 2.14. The Morgan fingerprint density at radius 3 is 2.56 bits per heavy atom. The lowest BCUT2D eigenvalue weighted by molar-refractivity contribution is -0.142. The van der Waals surface area contributed by atoms with Crippen LogP contribution in [0.4, 0.5) is 0 Å². The second-order valence-corrected chi connectivity index (χ2v) is 4.37. The third-order valence-electron chi connectivity index (χ3n) is 2.54. The van der Waals surface area contributed by atoms with E-state index in [1.54, 1.807) is 6.92 Å². The molecule has 0 saturated carbocycles. The van der Waals surface area contributed by atoms with Crippen LogP contribution < -0.4 is 0 Å². The topological polar surface area (TPSA) is 43.4 Å². The monoisotopic (exact) mass is 268 g/mol. The number of ether oxygens (including phenoxy) is 1. The Labute approximate surface area is 112 Å². The molecule has 0 amide bonds. The Bertz CT molecular complexity index is 441. The van der Waals surface area contributed by atoms with Crippen molar-refractivity contribution in [1.29, 1.82) is 0 Å². The van der Waals surface area contributed by atoms with E-state index in [0.717, 1.165) is 16.7 Å². The molecule has 0 heterocycles. The summed E-state index contributed by atoms with van der Waals surface area (Å²) in [5, 5.41) is 0. The van der Waals surface area contributed by atoms with E-state index in [0.29, 0.717) is 6.61 Å². The van der Waals surface area contributed by atoms with Gasteiger partial charge in [-0.3, -0.25) is 9.59 Å². The zero-order chi connectivity index (χ0) is 13.5. The molecule has 0 unspecified atom stereocenters. The van der Waals surface area contributed by atoms with Crippen LogP contribution in [0.15, 0.2) is 18.2 Å². The van der Waals surface area contributed by atoms with Crippen LogP contribution in [0.3, 0.4) is 0 Å². The Hall–Kier alpha value is -1.35. The van der Waals surface area contributed by atoms with E-state index in [1.165, 1.54) is 0 Å². The summed E-state index contributed by atoms with van der Waals surface area (Å²) in [6.07, 6.45) is 0.457. The van der Waals surface area contributed by atoms with Gasteiger partial charge < -0.3 is 4.74 Å². The fraction of sp³-hybridized carbons (Fsp3) is 0.429. The first-order chi connectivity index (χ1) is 8.56. The number of rotatable bonds is 6. The lowest BCUT2D eigenvalue weighted by atomic mass is 9.98. The summed E-state index contributed by atoms with van der Waals surface area (Å²) >= 11 is 5.51. The van der Waals surface area contributed by atoms with E-state index >= 15 is 0 Å². The Kier molecular flexibility index (Phi) is 5.86. The number of benzene rings is 1. The first kappa shape index (κ1) is 14.7. The van der Waals surface area contributed by atoms with Crippen LogP contribution in [0.1, 0.15) is 23.6 Å². The highest BCUT2D eigenvalue weighted by molar-refractivity contribution is 6.27. The van der Waals surface area contributed by atoms with Crippen molar-refractivity contribution in [3.05, 3.63) is 34.9 Å². The number of esters is 1. The van der Waals surface area contributed by atoms with Gasteiger partial charge in [-0.15, -0.1) is 11.6 Å². The third kappa shape index (κ3) is 4.49. The molecule has 0 aliphatic rings. The van der Waals surface area contributed by atoms with E-state index in [4.69, 9.17) is 16.3 Å². The van der Waals surface area contributed by atoms with Gasteiger partial charge in [0.25, 0.3) is 0 Å². The third-order valence-corrected chi connectivity index (χ3v) is 2.84. The molecule has 1 rings (SSSR count). The maximum absolute atomic E-state index is 11.5. The second kappa shape index (κ2) is 7.17. The number of hydrogen-bond donors (Lipinski definition) is 0. The normalized spacial score (nSPS) is 10.2. The van der Waals surface area contributed by atoms with E-state index in [9.17, 15) is 9.59 Å². The number of carbonyl (C=O) groups is 2. The molecule has 1 aromatic carbocycles. The lowest BCUT2D eigenvalue weighted by Gasteiger charge is -2.09. The number of alkyl halides is 1. The molecule has 4 heteroatoms. The molecule has 3 nitrogen and oxygen atoms in total. The van der Waals surface area contributed by atoms with Gasteiger partial charge in [-0.2, -0.15) is 0 Å². The van der Waals surface area contributed by atoms with Crippen molar-refractivity contribution in [3.63, 3.8) is 0 Å². The average molecular weight is 269 g/mol. The standard InChI is InChI=1S/C14H17ClO3/c1-3-18-14(17)8-11-5-4-10(2)6-12(11)7-13(16)9-15/h4-6H,3,7-9H2,1-2H3. The molecule has 0 saturated heterocycles. The van der Waals surface area contributed by atoms with E-state index in [2.05, 4.69) is 0 Å². The fourth-order valence-electron chi connectivity index (χ4n) is 1.72. The first-order valence-corrected chi connectivity index (χ1v) is 6.42. The van der Waals surface area contributed by atoms with Crippen molar-refractivity contribution in [1.82, 2.24) is 0 Å². The number of carbonyl (C=O) groups excluding carboxylic acids is 2. The van der Waals surface area contributed by atoms with Crippen LogP contribution in [0.5, 0.6) is 0 Å². The van der Waals surface area contributed by atoms with Gasteiger partial charge in [-0.25, -0.2) is 0 Å². The molecule has 0 radical (unpaired) electrons. The number of hydrogen-bond acceptors (Lipinski definition) is 3. The molecule has 18 heavy (non-hydrogen) atoms. The molecular formula is C14H17ClO3. The maximum atomic E-state index is 11.5. The fourth-order valence-corrected chi connectivity index (χ4v) is 1.81. The largest absolute Gasteiger partial charge is 0.466 e. The van der Waals surface area contributed by atoms with Crippen molar-refractivity contribution in [3.8, 4) is 0 Å². The Morgan fingerprint density at radius 2 is 1.94 bits per heavy atom. The molecule has 1 aromatic rings. The number of aryl methyl sites for hydroxylation is 1. The van der Waals surface area contributed by atoms with Crippen LogP contribution in [-0.2, 0) is 27.2 Å². The van der Waals surface area contributed by atoms with Crippen molar-refractivity contribution >= 4 is 23.4 Å². The molecule has 98 valence electrons. The van der Waals surface area contributed by atoms with Gasteiger partial charge in [0.2, 0.25) is 0 Å². The van der Waals surface area contributed by atoms with E-state index < -0.39 is 0 Å². The van der Waals surface area contributed by atoms with Crippen LogP contribution in [-0.4, -0.2) is 24.2 Å². The van der Waals surface area contributed by atoms with Gasteiger partial charge in [-0.05, 0) is 25.0 Å². The smallest absolute Gasteiger partial charge is 0.310 e. The highest BCUT2D eigenvalue weighted by Gasteiger charge is 2.11. The molecular weight excluding hydrogens is 252 g/mol. The zero-order valence-electron chi connectivity index (χ0n) is 10.7. The second-order valence-electron chi connectivity index (χ2n) is 4.10. The molecule has 0 atom stereocenters. The Balaban J connectivity index is 2.89. The molecule has 0 N–H and O–H groups in total. The molecule has 0 fully saturated rings. The van der Waals surface area contributed by atoms with Crippen LogP contribution >= 0.6 is 11.6 Å². The average Bonchev–Trinajstić information content (AvgIpc) is 2.33. The zero-order valence-corrected chi connectivity index (χ0v) is 11.4. The predicted molar refractivity (Wildman–Crippen MR) is 70.9 cm³/mol. The van der Waals surface area contributed by atoms with E-state index in [-0.39, 0.29) is 30.5 Å². The maximum Gasteiger partial charge on any atom is 0.310 e. The van der Waals surface area contributed by atoms with E-state index in [1.807, 2.05) is 25.1 Å². The molecule has 0 aliphatic carbocycles. The minimum atomic E-state index is -0.277. The summed E-state index contributed by atoms with van der Waals surface area (Å²) in [5.41, 5.74) is 2.74. The first-order valence-electron chi connectivity index (χ1n) is 5.88. The highest BCUT2D eigenvalue weighted by atomic mass is 35.5. The van der Waals surface area contributed by atoms with Crippen molar-refractivity contribution < 1.29 is 14.3 Å². The van der Waals surface area contributed by atoms with Crippen LogP contribution in [0.2, 0.25) is 0 Å². The number of halogens is 1. The van der Waals surface area contributed by atoms with Crippen molar-refractivity contribution in [2.45, 2.75) is 26.7 Å². The quantitative estimate of drug-likeness (QED) is 0.588. The van der Waals surface area contributed by atoms with Gasteiger partial charge in [0.15, 0.2) is 5.78 Å². The minimum absolute atomic E-state index is 0.00715. The summed E-state index contributed by atoms with van der Waals surface area (Å²) in [7, 11) is 0. The Morgan fingerprint density at radius 1 is 1.22 bits per heavy atom. The molecule has 0 spiro atoms. The summed E-state index contributed by atoms with van der Waals surface area (Å²) in [6, 6.07) is 5.70. The summed E-state index contributed by atoms with van der Waals surface area (Å²) in [6.45, 7) is 4.08. The van der Waals surface area contributed by atoms with Gasteiger partial charge in [0.1, 0.15) is 0 Å². The summed E-state index contributed by atoms with van der Waals surface area (Å²) < 4.78 is 4.91. The molecule has 0 aromatic heterocycles. The van der Waals surface area contributed by atoms with Gasteiger partial charge in [0.05, 0.1) is 18.9 Å². The number of Topliss-reactive ketones (excluding diaryl/α,β-unsaturated/α-hetero) is 1. The number of ketones is 1. The summed E-state index contributed by atoms with van der Waals surface area (Å²) in [4.78, 5) is 22.9. The van der Waals surface area contributed by atoms with Crippen LogP contribution in [0.25, 0.3) is 0 Å². The molecule has 0 aliphatic heterocycles. The van der Waals surface area contributed by atoms with Crippen LogP contribution in [0, 0.1) is 6.92 Å². The lowest BCUT2D eigenvalue weighted by Crippen LogP contribution is -2.12. The summed E-state index contributed by atoms with van der Waals surface area (Å²) in [5.74, 6) is -0.333. The minimum Gasteiger partial charge on any atom is -0.466 e. The molecule has 0 bridgehead atoms.